The number of aryl methyl sites for hydroxylation is 2. The summed E-state index contributed by atoms with van der Waals surface area (Å²) in [4.78, 5) is 34.1. The molecule has 0 spiro atoms. The molecule has 2 heterocycles. The second-order valence-corrected chi connectivity index (χ2v) is 10.4. The van der Waals surface area contributed by atoms with Crippen molar-refractivity contribution in [3.05, 3.63) is 83.3 Å². The molecule has 2 aromatic heterocycles. The van der Waals surface area contributed by atoms with Crippen LogP contribution in [-0.4, -0.2) is 65.0 Å². The normalized spacial score (nSPS) is 11.5. The van der Waals surface area contributed by atoms with E-state index in [2.05, 4.69) is 25.3 Å². The molecule has 0 saturated heterocycles. The average Bonchev–Trinajstić information content (AvgIpc) is 2.98. The van der Waals surface area contributed by atoms with Crippen LogP contribution in [0.2, 0.25) is 0 Å². The number of rotatable bonds is 11. The number of hydrogen-bond acceptors (Lipinski definition) is 8. The van der Waals surface area contributed by atoms with Gasteiger partial charge < -0.3 is 19.9 Å². The molecule has 9 nitrogen and oxygen atoms in total. The van der Waals surface area contributed by atoms with Gasteiger partial charge in [-0.05, 0) is 82.0 Å². The maximum absolute atomic E-state index is 15.2. The molecule has 2 aromatic carbocycles. The summed E-state index contributed by atoms with van der Waals surface area (Å²) in [6.07, 6.45) is -0.455. The van der Waals surface area contributed by atoms with E-state index in [9.17, 15) is 18.0 Å². The summed E-state index contributed by atoms with van der Waals surface area (Å²) in [6.45, 7) is 4.76. The molecule has 0 aliphatic carbocycles. The van der Waals surface area contributed by atoms with Gasteiger partial charge in [0, 0.05) is 26.2 Å². The third-order valence-corrected chi connectivity index (χ3v) is 6.75. The molecule has 0 aliphatic rings. The predicted molar refractivity (Wildman–Crippen MR) is 159 cm³/mol. The van der Waals surface area contributed by atoms with Crippen LogP contribution in [-0.2, 0) is 12.6 Å². The number of carbonyl (C=O) groups is 1. The summed E-state index contributed by atoms with van der Waals surface area (Å²) >= 11 is 0. The molecule has 4 aromatic rings. The molecule has 0 aliphatic heterocycles. The van der Waals surface area contributed by atoms with E-state index in [1.807, 2.05) is 25.9 Å². The monoisotopic (exact) mass is 611 g/mol. The Balaban J connectivity index is 1.66. The summed E-state index contributed by atoms with van der Waals surface area (Å²) < 4.78 is 62.0. The van der Waals surface area contributed by atoms with Crippen LogP contribution in [0.15, 0.2) is 55.0 Å². The van der Waals surface area contributed by atoms with Crippen molar-refractivity contribution < 1.29 is 27.1 Å². The van der Waals surface area contributed by atoms with Crippen molar-refractivity contribution in [2.75, 3.05) is 44.4 Å². The number of carbonyl (C=O) groups excluding carboxylic acids is 1. The molecule has 0 bridgehead atoms. The molecule has 44 heavy (non-hydrogen) atoms. The largest absolute Gasteiger partial charge is 0.438 e. The minimum atomic E-state index is -4.64. The van der Waals surface area contributed by atoms with Gasteiger partial charge in [0.1, 0.15) is 23.7 Å². The number of nitrogens with one attached hydrogen (secondary N) is 1. The highest BCUT2D eigenvalue weighted by atomic mass is 19.4. The molecule has 1 amide bonds. The van der Waals surface area contributed by atoms with Crippen LogP contribution in [0.1, 0.15) is 40.7 Å². The van der Waals surface area contributed by atoms with E-state index in [0.29, 0.717) is 41.4 Å². The van der Waals surface area contributed by atoms with E-state index in [1.54, 1.807) is 31.0 Å². The molecule has 4 rings (SSSR count). The molecule has 232 valence electrons. The van der Waals surface area contributed by atoms with Crippen molar-refractivity contribution in [1.82, 2.24) is 24.8 Å². The van der Waals surface area contributed by atoms with Gasteiger partial charge in [-0.3, -0.25) is 4.79 Å². The van der Waals surface area contributed by atoms with Gasteiger partial charge in [0.2, 0.25) is 5.88 Å². The zero-order chi connectivity index (χ0) is 32.0. The van der Waals surface area contributed by atoms with Crippen molar-refractivity contribution in [3.63, 3.8) is 0 Å². The Morgan fingerprint density at radius 2 is 1.80 bits per heavy atom. The minimum Gasteiger partial charge on any atom is -0.438 e. The summed E-state index contributed by atoms with van der Waals surface area (Å²) in [7, 11) is 5.55. The molecule has 0 saturated carbocycles. The lowest BCUT2D eigenvalue weighted by atomic mass is 10.1. The fourth-order valence-electron chi connectivity index (χ4n) is 4.39. The number of ether oxygens (including phenoxy) is 1. The third-order valence-electron chi connectivity index (χ3n) is 6.75. The number of aromatic nitrogens is 4. The van der Waals surface area contributed by atoms with Crippen LogP contribution in [0, 0.1) is 12.7 Å². The first-order valence-corrected chi connectivity index (χ1v) is 13.9. The molecular formula is C31H33F4N7O2. The Bertz CT molecular complexity index is 1630. The van der Waals surface area contributed by atoms with Crippen molar-refractivity contribution in [2.24, 2.45) is 0 Å². The first kappa shape index (κ1) is 32.3. The number of benzene rings is 2. The van der Waals surface area contributed by atoms with Gasteiger partial charge >= 0.3 is 6.18 Å². The van der Waals surface area contributed by atoms with Crippen LogP contribution in [0.25, 0.3) is 11.4 Å². The summed E-state index contributed by atoms with van der Waals surface area (Å²) in [6, 6.07) is 8.78. The van der Waals surface area contributed by atoms with Crippen LogP contribution in [0.4, 0.5) is 28.9 Å². The van der Waals surface area contributed by atoms with Crippen LogP contribution < -0.4 is 15.0 Å². The third kappa shape index (κ3) is 7.84. The number of halogens is 4. The van der Waals surface area contributed by atoms with Gasteiger partial charge in [0.25, 0.3) is 5.91 Å². The first-order chi connectivity index (χ1) is 20.9. The van der Waals surface area contributed by atoms with E-state index in [1.165, 1.54) is 24.7 Å². The average molecular weight is 612 g/mol. The first-order valence-electron chi connectivity index (χ1n) is 13.9. The second kappa shape index (κ2) is 13.8. The number of nitrogens with zero attached hydrogens (tertiary/aromatic N) is 6. The molecular weight excluding hydrogens is 578 g/mol. The lowest BCUT2D eigenvalue weighted by Gasteiger charge is -2.24. The van der Waals surface area contributed by atoms with Gasteiger partial charge in [-0.2, -0.15) is 13.2 Å². The Morgan fingerprint density at radius 1 is 1.02 bits per heavy atom. The highest BCUT2D eigenvalue weighted by Gasteiger charge is 2.32. The molecule has 0 radical (unpaired) electrons. The Labute approximate surface area is 253 Å². The number of alkyl halides is 3. The highest BCUT2D eigenvalue weighted by molar-refractivity contribution is 6.06. The van der Waals surface area contributed by atoms with Crippen molar-refractivity contribution >= 4 is 17.3 Å². The lowest BCUT2D eigenvalue weighted by molar-refractivity contribution is -0.137. The van der Waals surface area contributed by atoms with Crippen molar-refractivity contribution in [1.29, 1.82) is 0 Å². The quantitative estimate of drug-likeness (QED) is 0.195. The smallest absolute Gasteiger partial charge is 0.416 e. The summed E-state index contributed by atoms with van der Waals surface area (Å²) in [5, 5.41) is 2.49. The minimum absolute atomic E-state index is 0.104. The molecule has 13 heteroatoms. The zero-order valence-electron chi connectivity index (χ0n) is 25.0. The fraction of sp³-hybridized carbons (Fsp3) is 0.323. The van der Waals surface area contributed by atoms with Gasteiger partial charge in [-0.1, -0.05) is 6.92 Å². The summed E-state index contributed by atoms with van der Waals surface area (Å²) in [5.41, 5.74) is -0.301. The number of hydrogen-bond donors (Lipinski definition) is 1. The zero-order valence-corrected chi connectivity index (χ0v) is 25.0. The van der Waals surface area contributed by atoms with Gasteiger partial charge in [0.15, 0.2) is 5.82 Å². The molecule has 1 N–H and O–H groups in total. The maximum atomic E-state index is 15.2. The van der Waals surface area contributed by atoms with Crippen molar-refractivity contribution in [2.45, 2.75) is 32.9 Å². The van der Waals surface area contributed by atoms with E-state index < -0.39 is 29.0 Å². The number of pyridine rings is 1. The van der Waals surface area contributed by atoms with E-state index in [4.69, 9.17) is 4.74 Å². The van der Waals surface area contributed by atoms with E-state index in [0.717, 1.165) is 31.2 Å². The van der Waals surface area contributed by atoms with Crippen LogP contribution in [0.3, 0.4) is 0 Å². The van der Waals surface area contributed by atoms with E-state index in [-0.39, 0.29) is 17.3 Å². The lowest BCUT2D eigenvalue weighted by Crippen LogP contribution is -2.25. The SMILES string of the molecule is CCc1ncnc(-c2cccnc2Oc2cc(C(=O)Nc3cc(C(F)(F)F)ccc3N(C)CCCN(C)C)c(F)cc2C)n1. The number of anilines is 2. The van der Waals surface area contributed by atoms with E-state index >= 15 is 4.39 Å². The van der Waals surface area contributed by atoms with Gasteiger partial charge in [-0.15, -0.1) is 0 Å². The Kier molecular flexibility index (Phi) is 10.1. The van der Waals surface area contributed by atoms with Crippen LogP contribution in [0.5, 0.6) is 11.6 Å². The highest BCUT2D eigenvalue weighted by Crippen LogP contribution is 2.36. The molecule has 0 atom stereocenters. The topological polar surface area (TPSA) is 96.4 Å². The van der Waals surface area contributed by atoms with Crippen molar-refractivity contribution in [3.8, 4) is 23.0 Å². The number of amides is 1. The summed E-state index contributed by atoms with van der Waals surface area (Å²) in [5.74, 6) is -0.691. The fourth-order valence-corrected chi connectivity index (χ4v) is 4.39. The van der Waals surface area contributed by atoms with Gasteiger partial charge in [0.05, 0.1) is 28.1 Å². The second-order valence-electron chi connectivity index (χ2n) is 10.4. The standard InChI is InChI=1S/C31H33F4N7O2/c1-6-27-37-18-38-28(40-27)21-9-7-12-36-30(21)44-26-17-22(23(32)15-19(26)2)29(43)39-24-16-20(31(33,34)35)10-11-25(24)42(5)14-8-13-41(3)4/h7,9-12,15-18H,6,8,13-14H2,1-5H3,(H,39,43). The van der Waals surface area contributed by atoms with Gasteiger partial charge in [-0.25, -0.2) is 24.3 Å². The Morgan fingerprint density at radius 3 is 2.50 bits per heavy atom. The van der Waals surface area contributed by atoms with Crippen LogP contribution >= 0.6 is 0 Å². The maximum Gasteiger partial charge on any atom is 0.416 e. The molecule has 0 fully saturated rings. The Hall–Kier alpha value is -4.65. The predicted octanol–water partition coefficient (Wildman–Crippen LogP) is 6.39. The molecule has 0 unspecified atom stereocenters.